The van der Waals surface area contributed by atoms with E-state index in [1.165, 1.54) is 6.20 Å². The number of nitrogens with zero attached hydrogens (tertiary/aromatic N) is 2. The molecule has 0 saturated heterocycles. The fourth-order valence-electron chi connectivity index (χ4n) is 2.48. The molecule has 0 saturated carbocycles. The predicted molar refractivity (Wildman–Crippen MR) is 96.9 cm³/mol. The first-order valence-corrected chi connectivity index (χ1v) is 8.54. The van der Waals surface area contributed by atoms with Gasteiger partial charge in [-0.25, -0.2) is 4.68 Å². The van der Waals surface area contributed by atoms with Crippen LogP contribution in [0.15, 0.2) is 66.9 Å². The molecule has 1 aromatic heterocycles. The van der Waals surface area contributed by atoms with E-state index in [1.807, 2.05) is 18.2 Å². The number of hydrogen-bond donors (Lipinski definition) is 1. The van der Waals surface area contributed by atoms with Crippen molar-refractivity contribution in [2.45, 2.75) is 25.7 Å². The molecule has 3 aromatic rings. The van der Waals surface area contributed by atoms with Crippen molar-refractivity contribution in [2.24, 2.45) is 0 Å². The molecule has 0 aliphatic heterocycles. The summed E-state index contributed by atoms with van der Waals surface area (Å²) in [5.74, 6) is 0.335. The molecule has 0 aliphatic carbocycles. The first kappa shape index (κ1) is 19.5. The second kappa shape index (κ2) is 8.16. The number of nitrogens with one attached hydrogen (secondary N) is 1. The van der Waals surface area contributed by atoms with Gasteiger partial charge in [-0.05, 0) is 42.8 Å². The highest BCUT2D eigenvalue weighted by Crippen LogP contribution is 2.27. The normalized spacial score (nSPS) is 12.4. The van der Waals surface area contributed by atoms with Gasteiger partial charge in [-0.2, -0.15) is 18.3 Å². The Balaban J connectivity index is 1.55. The molecule has 0 spiro atoms. The van der Waals surface area contributed by atoms with Crippen LogP contribution < -0.4 is 10.1 Å². The van der Waals surface area contributed by atoms with Gasteiger partial charge in [-0.15, -0.1) is 0 Å². The number of benzene rings is 2. The van der Waals surface area contributed by atoms with Crippen molar-refractivity contribution in [1.29, 1.82) is 0 Å². The van der Waals surface area contributed by atoms with E-state index in [9.17, 15) is 18.0 Å². The Morgan fingerprint density at radius 3 is 2.39 bits per heavy atom. The molecule has 1 unspecified atom stereocenters. The van der Waals surface area contributed by atoms with Gasteiger partial charge in [0, 0.05) is 12.7 Å². The van der Waals surface area contributed by atoms with E-state index in [-0.39, 0.29) is 12.5 Å². The summed E-state index contributed by atoms with van der Waals surface area (Å²) in [5.41, 5.74) is 0.342. The monoisotopic (exact) mass is 389 g/mol. The third-order valence-corrected chi connectivity index (χ3v) is 3.97. The zero-order chi connectivity index (χ0) is 20.1. The van der Waals surface area contributed by atoms with E-state index < -0.39 is 18.0 Å². The number of amides is 1. The molecule has 0 fully saturated rings. The van der Waals surface area contributed by atoms with Gasteiger partial charge >= 0.3 is 6.18 Å². The first-order valence-electron chi connectivity index (χ1n) is 8.54. The average Bonchev–Trinajstić information content (AvgIpc) is 3.18. The summed E-state index contributed by atoms with van der Waals surface area (Å²) in [5, 5.41) is 6.29. The fourth-order valence-corrected chi connectivity index (χ4v) is 2.48. The Bertz CT molecular complexity index is 922. The van der Waals surface area contributed by atoms with Crippen LogP contribution in [0.4, 0.5) is 13.2 Å². The number of carbonyl (C=O) groups excluding carboxylic acids is 1. The molecular formula is C20H18F3N3O2. The topological polar surface area (TPSA) is 56.1 Å². The number of aromatic nitrogens is 2. The minimum absolute atomic E-state index is 0.269. The molecule has 8 heteroatoms. The summed E-state index contributed by atoms with van der Waals surface area (Å²) < 4.78 is 44.6. The van der Waals surface area contributed by atoms with Crippen molar-refractivity contribution in [3.63, 3.8) is 0 Å². The summed E-state index contributed by atoms with van der Waals surface area (Å²) >= 11 is 0. The van der Waals surface area contributed by atoms with Gasteiger partial charge in [-0.3, -0.25) is 4.79 Å². The highest BCUT2D eigenvalue weighted by molar-refractivity contribution is 5.80. The molecule has 0 radical (unpaired) electrons. The van der Waals surface area contributed by atoms with Crippen LogP contribution in [0.2, 0.25) is 0 Å². The van der Waals surface area contributed by atoms with Gasteiger partial charge < -0.3 is 10.1 Å². The maximum absolute atomic E-state index is 12.6. The van der Waals surface area contributed by atoms with Crippen LogP contribution in [0.25, 0.3) is 5.69 Å². The minimum Gasteiger partial charge on any atom is -0.481 e. The molecule has 28 heavy (non-hydrogen) atoms. The maximum Gasteiger partial charge on any atom is 0.435 e. The number of para-hydroxylation sites is 1. The fraction of sp³-hybridized carbons (Fsp3) is 0.200. The lowest BCUT2D eigenvalue weighted by Crippen LogP contribution is -2.35. The van der Waals surface area contributed by atoms with Gasteiger partial charge in [-0.1, -0.05) is 30.3 Å². The molecule has 1 N–H and O–H groups in total. The molecule has 3 rings (SSSR count). The van der Waals surface area contributed by atoms with Crippen LogP contribution in [-0.4, -0.2) is 21.8 Å². The van der Waals surface area contributed by atoms with Crippen LogP contribution in [-0.2, 0) is 17.5 Å². The molecule has 2 aromatic carbocycles. The summed E-state index contributed by atoms with van der Waals surface area (Å²) in [6, 6.07) is 16.6. The van der Waals surface area contributed by atoms with Crippen LogP contribution in [0, 0.1) is 0 Å². The lowest BCUT2D eigenvalue weighted by Gasteiger charge is -2.14. The summed E-state index contributed by atoms with van der Waals surface area (Å²) in [6.45, 7) is 1.93. The largest absolute Gasteiger partial charge is 0.481 e. The molecule has 0 bridgehead atoms. The number of halogens is 3. The van der Waals surface area contributed by atoms with E-state index in [4.69, 9.17) is 4.74 Å². The van der Waals surface area contributed by atoms with Crippen molar-refractivity contribution < 1.29 is 22.7 Å². The van der Waals surface area contributed by atoms with Crippen LogP contribution >= 0.6 is 0 Å². The Labute approximate surface area is 159 Å². The van der Waals surface area contributed by atoms with Gasteiger partial charge in [0.05, 0.1) is 5.69 Å². The lowest BCUT2D eigenvalue weighted by molar-refractivity contribution is -0.141. The number of carbonyl (C=O) groups is 1. The third kappa shape index (κ3) is 4.91. The van der Waals surface area contributed by atoms with Gasteiger partial charge in [0.1, 0.15) is 5.75 Å². The van der Waals surface area contributed by atoms with Crippen LogP contribution in [0.1, 0.15) is 18.2 Å². The predicted octanol–water partition coefficient (Wildman–Crippen LogP) is 3.97. The molecular weight excluding hydrogens is 371 g/mol. The van der Waals surface area contributed by atoms with E-state index in [0.717, 1.165) is 16.3 Å². The average molecular weight is 389 g/mol. The van der Waals surface area contributed by atoms with Crippen LogP contribution in [0.5, 0.6) is 5.75 Å². The molecule has 1 atom stereocenters. The van der Waals surface area contributed by atoms with E-state index in [2.05, 4.69) is 10.4 Å². The molecule has 146 valence electrons. The first-order chi connectivity index (χ1) is 13.3. The second-order valence-electron chi connectivity index (χ2n) is 6.10. The standard InChI is InChI=1S/C20H18F3N3O2/c1-14(28-17-5-3-2-4-6-17)19(27)24-13-15-7-9-16(10-8-15)26-12-11-18(25-26)20(21,22)23/h2-12,14H,13H2,1H3,(H,24,27). The third-order valence-electron chi connectivity index (χ3n) is 3.97. The molecule has 0 aliphatic rings. The van der Waals surface area contributed by atoms with E-state index >= 15 is 0 Å². The Hall–Kier alpha value is -3.29. The highest BCUT2D eigenvalue weighted by Gasteiger charge is 2.33. The summed E-state index contributed by atoms with van der Waals surface area (Å²) in [7, 11) is 0. The number of ether oxygens (including phenoxy) is 1. The Morgan fingerprint density at radius 1 is 1.11 bits per heavy atom. The second-order valence-corrected chi connectivity index (χ2v) is 6.10. The number of alkyl halides is 3. The van der Waals surface area contributed by atoms with Gasteiger partial charge in [0.25, 0.3) is 5.91 Å². The minimum atomic E-state index is -4.48. The molecule has 5 nitrogen and oxygen atoms in total. The van der Waals surface area contributed by atoms with Crippen molar-refractivity contribution in [2.75, 3.05) is 0 Å². The molecule has 1 amide bonds. The van der Waals surface area contributed by atoms with E-state index in [1.54, 1.807) is 43.3 Å². The van der Waals surface area contributed by atoms with Crippen molar-refractivity contribution in [1.82, 2.24) is 15.1 Å². The van der Waals surface area contributed by atoms with Crippen molar-refractivity contribution >= 4 is 5.91 Å². The smallest absolute Gasteiger partial charge is 0.435 e. The maximum atomic E-state index is 12.6. The van der Waals surface area contributed by atoms with Crippen molar-refractivity contribution in [3.05, 3.63) is 78.1 Å². The van der Waals surface area contributed by atoms with Crippen LogP contribution in [0.3, 0.4) is 0 Å². The SMILES string of the molecule is CC(Oc1ccccc1)C(=O)NCc1ccc(-n2ccc(C(F)(F)F)n2)cc1. The van der Waals surface area contributed by atoms with Gasteiger partial charge in [0.15, 0.2) is 11.8 Å². The lowest BCUT2D eigenvalue weighted by atomic mass is 10.2. The highest BCUT2D eigenvalue weighted by atomic mass is 19.4. The number of rotatable bonds is 6. The van der Waals surface area contributed by atoms with E-state index in [0.29, 0.717) is 11.4 Å². The zero-order valence-corrected chi connectivity index (χ0v) is 15.0. The molecule has 1 heterocycles. The Morgan fingerprint density at radius 2 is 1.79 bits per heavy atom. The summed E-state index contributed by atoms with van der Waals surface area (Å²) in [4.78, 5) is 12.1. The summed E-state index contributed by atoms with van der Waals surface area (Å²) in [6.07, 6.45) is -3.89. The Kier molecular flexibility index (Phi) is 5.67. The van der Waals surface area contributed by atoms with Crippen molar-refractivity contribution in [3.8, 4) is 11.4 Å². The quantitative estimate of drug-likeness (QED) is 0.694. The number of hydrogen-bond acceptors (Lipinski definition) is 3. The van der Waals surface area contributed by atoms with Gasteiger partial charge in [0.2, 0.25) is 0 Å². The zero-order valence-electron chi connectivity index (χ0n) is 15.0.